The second-order valence-electron chi connectivity index (χ2n) is 3.96. The Morgan fingerprint density at radius 1 is 0.800 bits per heavy atom. The third kappa shape index (κ3) is 2.82. The highest BCUT2D eigenvalue weighted by molar-refractivity contribution is 5.88. The van der Waals surface area contributed by atoms with Crippen molar-refractivity contribution >= 4 is 10.8 Å². The largest absolute Gasteiger partial charge is 0.0656 e. The number of fused-ring (bicyclic) bond motifs is 1. The second-order valence-corrected chi connectivity index (χ2v) is 3.96. The first kappa shape index (κ1) is 11.8. The minimum absolute atomic E-state index is 1.25. The van der Waals surface area contributed by atoms with Crippen molar-refractivity contribution in [2.75, 3.05) is 0 Å². The van der Waals surface area contributed by atoms with Crippen molar-refractivity contribution in [1.29, 1.82) is 0 Å². The smallest absolute Gasteiger partial charge is 0.0125 e. The fraction of sp³-hybridized carbons (Fsp3) is 0.333. The fourth-order valence-corrected chi connectivity index (χ4v) is 1.75. The van der Waals surface area contributed by atoms with Gasteiger partial charge in [-0.05, 0) is 35.7 Å². The molecule has 0 atom stereocenters. The molecule has 0 radical (unpaired) electrons. The van der Waals surface area contributed by atoms with Crippen LogP contribution in [0.1, 0.15) is 31.4 Å². The molecule has 0 nitrogen and oxygen atoms in total. The Morgan fingerprint density at radius 2 is 1.20 bits per heavy atom. The van der Waals surface area contributed by atoms with Gasteiger partial charge < -0.3 is 0 Å². The standard InChI is InChI=1S/C12H12.C3H8/c1-9-5-3-7-11-8-4-6-10(2)12(9)11;1-3-2/h3-8H,1-2H3;3H2,1-2H3. The van der Waals surface area contributed by atoms with E-state index < -0.39 is 0 Å². The third-order valence-corrected chi connectivity index (χ3v) is 2.32. The first-order valence-electron chi connectivity index (χ1n) is 5.65. The maximum atomic E-state index is 2.16. The minimum atomic E-state index is 1.25. The Labute approximate surface area is 92.9 Å². The van der Waals surface area contributed by atoms with Gasteiger partial charge in [-0.1, -0.05) is 56.7 Å². The molecule has 0 aliphatic rings. The highest BCUT2D eigenvalue weighted by atomic mass is 14.0. The molecular formula is C15H20. The summed E-state index contributed by atoms with van der Waals surface area (Å²) in [5.41, 5.74) is 2.73. The van der Waals surface area contributed by atoms with E-state index in [4.69, 9.17) is 0 Å². The molecule has 0 aliphatic carbocycles. The number of hydrogen-bond acceptors (Lipinski definition) is 0. The highest BCUT2D eigenvalue weighted by Crippen LogP contribution is 2.21. The Kier molecular flexibility index (Phi) is 4.36. The van der Waals surface area contributed by atoms with E-state index in [1.54, 1.807) is 0 Å². The Balaban J connectivity index is 0.000000337. The van der Waals surface area contributed by atoms with Crippen LogP contribution in [-0.4, -0.2) is 0 Å². The summed E-state index contributed by atoms with van der Waals surface area (Å²) in [6, 6.07) is 12.9. The van der Waals surface area contributed by atoms with Gasteiger partial charge >= 0.3 is 0 Å². The molecule has 15 heavy (non-hydrogen) atoms. The van der Waals surface area contributed by atoms with Gasteiger partial charge in [0.2, 0.25) is 0 Å². The van der Waals surface area contributed by atoms with E-state index in [1.807, 2.05) is 0 Å². The van der Waals surface area contributed by atoms with Crippen LogP contribution in [0.2, 0.25) is 0 Å². The topological polar surface area (TPSA) is 0 Å². The number of rotatable bonds is 0. The fourth-order valence-electron chi connectivity index (χ4n) is 1.75. The average Bonchev–Trinajstić information content (AvgIpc) is 2.19. The van der Waals surface area contributed by atoms with Crippen LogP contribution in [0.5, 0.6) is 0 Å². The van der Waals surface area contributed by atoms with E-state index in [0.717, 1.165) is 0 Å². The number of aryl methyl sites for hydroxylation is 2. The summed E-state index contributed by atoms with van der Waals surface area (Å²) < 4.78 is 0. The number of benzene rings is 2. The van der Waals surface area contributed by atoms with Crippen LogP contribution in [0.25, 0.3) is 10.8 Å². The van der Waals surface area contributed by atoms with E-state index in [-0.39, 0.29) is 0 Å². The van der Waals surface area contributed by atoms with Crippen molar-refractivity contribution in [1.82, 2.24) is 0 Å². The summed E-state index contributed by atoms with van der Waals surface area (Å²) in [7, 11) is 0. The molecule has 0 heteroatoms. The van der Waals surface area contributed by atoms with Crippen LogP contribution in [0.3, 0.4) is 0 Å². The monoisotopic (exact) mass is 200 g/mol. The Bertz CT molecular complexity index is 390. The quantitative estimate of drug-likeness (QED) is 0.569. The van der Waals surface area contributed by atoms with Crippen molar-refractivity contribution in [3.05, 3.63) is 47.5 Å². The van der Waals surface area contributed by atoms with E-state index in [2.05, 4.69) is 64.1 Å². The van der Waals surface area contributed by atoms with Gasteiger partial charge in [-0.25, -0.2) is 0 Å². The van der Waals surface area contributed by atoms with Gasteiger partial charge in [0.15, 0.2) is 0 Å². The molecule has 0 aliphatic heterocycles. The lowest BCUT2D eigenvalue weighted by Crippen LogP contribution is -1.81. The predicted molar refractivity (Wildman–Crippen MR) is 69.4 cm³/mol. The Hall–Kier alpha value is -1.30. The van der Waals surface area contributed by atoms with E-state index >= 15 is 0 Å². The molecule has 0 N–H and O–H groups in total. The highest BCUT2D eigenvalue weighted by Gasteiger charge is 1.97. The van der Waals surface area contributed by atoms with Crippen LogP contribution in [0.15, 0.2) is 36.4 Å². The molecule has 0 aromatic heterocycles. The van der Waals surface area contributed by atoms with Crippen molar-refractivity contribution in [2.24, 2.45) is 0 Å². The van der Waals surface area contributed by atoms with Crippen LogP contribution in [0.4, 0.5) is 0 Å². The summed E-state index contributed by atoms with van der Waals surface area (Å²) >= 11 is 0. The Morgan fingerprint density at radius 3 is 1.53 bits per heavy atom. The van der Waals surface area contributed by atoms with Gasteiger partial charge in [0.1, 0.15) is 0 Å². The van der Waals surface area contributed by atoms with Gasteiger partial charge in [0.05, 0.1) is 0 Å². The van der Waals surface area contributed by atoms with E-state index in [1.165, 1.54) is 28.3 Å². The lowest BCUT2D eigenvalue weighted by molar-refractivity contribution is 1.09. The zero-order valence-electron chi connectivity index (χ0n) is 10.2. The SMILES string of the molecule is CCC.Cc1cccc2cccc(C)c12. The van der Waals surface area contributed by atoms with E-state index in [9.17, 15) is 0 Å². The molecule has 2 aromatic rings. The molecule has 2 rings (SSSR count). The van der Waals surface area contributed by atoms with Gasteiger partial charge in [0, 0.05) is 0 Å². The summed E-state index contributed by atoms with van der Waals surface area (Å²) in [6.45, 7) is 8.57. The lowest BCUT2D eigenvalue weighted by Gasteiger charge is -2.04. The van der Waals surface area contributed by atoms with Crippen molar-refractivity contribution in [3.63, 3.8) is 0 Å². The molecule has 0 heterocycles. The minimum Gasteiger partial charge on any atom is -0.0656 e. The zero-order valence-corrected chi connectivity index (χ0v) is 10.2. The average molecular weight is 200 g/mol. The molecule has 0 unspecified atom stereocenters. The van der Waals surface area contributed by atoms with Gasteiger partial charge in [-0.15, -0.1) is 0 Å². The molecule has 0 spiro atoms. The van der Waals surface area contributed by atoms with Crippen molar-refractivity contribution in [3.8, 4) is 0 Å². The molecule has 0 saturated heterocycles. The van der Waals surface area contributed by atoms with E-state index in [0.29, 0.717) is 0 Å². The normalized spacial score (nSPS) is 9.60. The van der Waals surface area contributed by atoms with Crippen molar-refractivity contribution < 1.29 is 0 Å². The summed E-state index contributed by atoms with van der Waals surface area (Å²) in [4.78, 5) is 0. The molecule has 0 saturated carbocycles. The first-order valence-corrected chi connectivity index (χ1v) is 5.65. The predicted octanol–water partition coefficient (Wildman–Crippen LogP) is 4.87. The molecule has 2 aromatic carbocycles. The first-order chi connectivity index (χ1) is 7.20. The van der Waals surface area contributed by atoms with Crippen LogP contribution >= 0.6 is 0 Å². The van der Waals surface area contributed by atoms with Gasteiger partial charge in [-0.2, -0.15) is 0 Å². The van der Waals surface area contributed by atoms with Gasteiger partial charge in [-0.3, -0.25) is 0 Å². The summed E-state index contributed by atoms with van der Waals surface area (Å²) in [6.07, 6.45) is 1.25. The summed E-state index contributed by atoms with van der Waals surface area (Å²) in [5, 5.41) is 2.75. The van der Waals surface area contributed by atoms with Crippen molar-refractivity contribution in [2.45, 2.75) is 34.1 Å². The molecule has 0 bridgehead atoms. The lowest BCUT2D eigenvalue weighted by atomic mass is 10.0. The maximum Gasteiger partial charge on any atom is -0.0125 e. The van der Waals surface area contributed by atoms with Crippen LogP contribution in [0, 0.1) is 13.8 Å². The third-order valence-electron chi connectivity index (χ3n) is 2.32. The molecule has 0 amide bonds. The number of hydrogen-bond donors (Lipinski definition) is 0. The maximum absolute atomic E-state index is 2.16. The molecule has 0 fully saturated rings. The van der Waals surface area contributed by atoms with Gasteiger partial charge in [0.25, 0.3) is 0 Å². The summed E-state index contributed by atoms with van der Waals surface area (Å²) in [5.74, 6) is 0. The van der Waals surface area contributed by atoms with Crippen LogP contribution in [-0.2, 0) is 0 Å². The second kappa shape index (κ2) is 5.55. The van der Waals surface area contributed by atoms with Crippen LogP contribution < -0.4 is 0 Å². The molecular weight excluding hydrogens is 180 g/mol. The zero-order chi connectivity index (χ0) is 11.3. The molecule has 80 valence electrons.